The molecule has 0 saturated carbocycles. The minimum Gasteiger partial charge on any atom is -0.467 e. The van der Waals surface area contributed by atoms with Crippen molar-refractivity contribution in [1.29, 1.82) is 0 Å². The van der Waals surface area contributed by atoms with Gasteiger partial charge in [-0.05, 0) is 69.6 Å². The van der Waals surface area contributed by atoms with E-state index in [1.54, 1.807) is 13.3 Å². The molecule has 1 aromatic heterocycles. The molecule has 1 aliphatic rings. The maximum Gasteiger partial charge on any atom is 0.251 e. The van der Waals surface area contributed by atoms with Crippen molar-refractivity contribution in [2.24, 2.45) is 4.99 Å². The van der Waals surface area contributed by atoms with E-state index in [0.717, 1.165) is 36.9 Å². The third-order valence-electron chi connectivity index (χ3n) is 5.78. The van der Waals surface area contributed by atoms with E-state index in [4.69, 9.17) is 4.42 Å². The van der Waals surface area contributed by atoms with E-state index in [2.05, 4.69) is 39.7 Å². The van der Waals surface area contributed by atoms with Gasteiger partial charge in [0.25, 0.3) is 5.91 Å². The molecule has 1 fully saturated rings. The van der Waals surface area contributed by atoms with E-state index in [1.807, 2.05) is 36.4 Å². The summed E-state index contributed by atoms with van der Waals surface area (Å²) in [4.78, 5) is 19.3. The Morgan fingerprint density at radius 1 is 1.06 bits per heavy atom. The molecule has 0 radical (unpaired) electrons. The van der Waals surface area contributed by atoms with E-state index in [-0.39, 0.29) is 11.4 Å². The highest BCUT2D eigenvalue weighted by Crippen LogP contribution is 2.19. The zero-order valence-corrected chi connectivity index (χ0v) is 18.9. The summed E-state index contributed by atoms with van der Waals surface area (Å²) in [5.41, 5.74) is 1.72. The van der Waals surface area contributed by atoms with Crippen molar-refractivity contribution >= 4 is 11.9 Å². The van der Waals surface area contributed by atoms with Crippen molar-refractivity contribution in [2.75, 3.05) is 26.7 Å². The molecule has 0 unspecified atom stereocenters. The summed E-state index contributed by atoms with van der Waals surface area (Å²) in [6.45, 7) is 8.67. The molecule has 7 heteroatoms. The molecule has 3 rings (SSSR count). The number of benzene rings is 1. The Bertz CT molecular complexity index is 855. The number of aliphatic imine (C=N–C) groups is 1. The second-order valence-electron chi connectivity index (χ2n) is 8.60. The fourth-order valence-electron chi connectivity index (χ4n) is 3.82. The van der Waals surface area contributed by atoms with Crippen molar-refractivity contribution in [3.8, 4) is 0 Å². The van der Waals surface area contributed by atoms with Gasteiger partial charge in [0.15, 0.2) is 5.96 Å². The lowest BCUT2D eigenvalue weighted by molar-refractivity contribution is 0.0947. The maximum absolute atomic E-state index is 12.4. The number of amides is 1. The zero-order valence-electron chi connectivity index (χ0n) is 18.9. The Balaban J connectivity index is 1.48. The number of carbonyl (C=O) groups is 1. The van der Waals surface area contributed by atoms with Crippen LogP contribution in [-0.2, 0) is 13.1 Å². The monoisotopic (exact) mass is 425 g/mol. The van der Waals surface area contributed by atoms with Gasteiger partial charge in [-0.15, -0.1) is 0 Å². The summed E-state index contributed by atoms with van der Waals surface area (Å²) in [6.07, 6.45) is 5.50. The second-order valence-corrected chi connectivity index (χ2v) is 8.60. The highest BCUT2D eigenvalue weighted by atomic mass is 16.3. The van der Waals surface area contributed by atoms with Gasteiger partial charge in [-0.2, -0.15) is 0 Å². The number of likely N-dealkylation sites (tertiary alicyclic amines) is 1. The van der Waals surface area contributed by atoms with Crippen molar-refractivity contribution in [3.63, 3.8) is 0 Å². The molecule has 3 N–H and O–H groups in total. The number of rotatable bonds is 8. The number of carbonyl (C=O) groups excluding carboxylic acids is 1. The van der Waals surface area contributed by atoms with Gasteiger partial charge in [-0.1, -0.05) is 18.6 Å². The van der Waals surface area contributed by atoms with Gasteiger partial charge in [0.2, 0.25) is 0 Å². The minimum atomic E-state index is -0.121. The van der Waals surface area contributed by atoms with E-state index in [0.29, 0.717) is 18.7 Å². The normalized spacial score (nSPS) is 15.5. The van der Waals surface area contributed by atoms with E-state index in [1.165, 1.54) is 19.3 Å². The van der Waals surface area contributed by atoms with Crippen molar-refractivity contribution in [1.82, 2.24) is 20.9 Å². The summed E-state index contributed by atoms with van der Waals surface area (Å²) in [5.74, 6) is 1.37. The number of piperidine rings is 1. The van der Waals surface area contributed by atoms with Crippen LogP contribution in [0.1, 0.15) is 54.8 Å². The van der Waals surface area contributed by atoms with Gasteiger partial charge < -0.3 is 20.4 Å². The molecule has 1 aromatic carbocycles. The van der Waals surface area contributed by atoms with E-state index < -0.39 is 0 Å². The standard InChI is InChI=1S/C24H35N5O2/c1-24(2,29-12-5-4-6-13-29)18-28-23(25-3)27-16-19-9-7-10-20(15-19)22(30)26-17-21-11-8-14-31-21/h7-11,14-15H,4-6,12-13,16-18H2,1-3H3,(H,26,30)(H2,25,27,28). The molecule has 0 spiro atoms. The number of guanidine groups is 1. The molecule has 168 valence electrons. The van der Waals surface area contributed by atoms with Crippen LogP contribution < -0.4 is 16.0 Å². The third kappa shape index (κ3) is 6.85. The van der Waals surface area contributed by atoms with E-state index in [9.17, 15) is 4.79 Å². The van der Waals surface area contributed by atoms with Gasteiger partial charge >= 0.3 is 0 Å². The van der Waals surface area contributed by atoms with Crippen molar-refractivity contribution in [3.05, 3.63) is 59.5 Å². The quantitative estimate of drug-likeness (QED) is 0.447. The molecular formula is C24H35N5O2. The highest BCUT2D eigenvalue weighted by Gasteiger charge is 2.27. The fourth-order valence-corrected chi connectivity index (χ4v) is 3.82. The lowest BCUT2D eigenvalue weighted by Crippen LogP contribution is -2.54. The van der Waals surface area contributed by atoms with Crippen LogP contribution in [-0.4, -0.2) is 49.0 Å². The molecular weight excluding hydrogens is 390 g/mol. The third-order valence-corrected chi connectivity index (χ3v) is 5.78. The van der Waals surface area contributed by atoms with Crippen LogP contribution in [0.2, 0.25) is 0 Å². The van der Waals surface area contributed by atoms with Gasteiger partial charge in [-0.25, -0.2) is 0 Å². The van der Waals surface area contributed by atoms with Crippen molar-refractivity contribution < 1.29 is 9.21 Å². The van der Waals surface area contributed by atoms with Gasteiger partial charge in [0.05, 0.1) is 12.8 Å². The summed E-state index contributed by atoms with van der Waals surface area (Å²) in [5, 5.41) is 9.69. The molecule has 0 aliphatic carbocycles. The fraction of sp³-hybridized carbons (Fsp3) is 0.500. The second kappa shape index (κ2) is 11.0. The average Bonchev–Trinajstić information content (AvgIpc) is 3.32. The van der Waals surface area contributed by atoms with Crippen molar-refractivity contribution in [2.45, 2.75) is 51.7 Å². The minimum absolute atomic E-state index is 0.0734. The molecule has 31 heavy (non-hydrogen) atoms. The summed E-state index contributed by atoms with van der Waals surface area (Å²) in [6, 6.07) is 11.3. The molecule has 1 aliphatic heterocycles. The Hall–Kier alpha value is -2.80. The smallest absolute Gasteiger partial charge is 0.251 e. The molecule has 2 heterocycles. The van der Waals surface area contributed by atoms with E-state index >= 15 is 0 Å². The lowest BCUT2D eigenvalue weighted by Gasteiger charge is -2.41. The van der Waals surface area contributed by atoms with Gasteiger partial charge in [-0.3, -0.25) is 14.7 Å². The van der Waals surface area contributed by atoms with Crippen LogP contribution in [0.4, 0.5) is 0 Å². The van der Waals surface area contributed by atoms with Crippen LogP contribution >= 0.6 is 0 Å². The Kier molecular flexibility index (Phi) is 8.12. The van der Waals surface area contributed by atoms with Crippen LogP contribution in [0.5, 0.6) is 0 Å². The SMILES string of the molecule is CN=C(NCc1cccc(C(=O)NCc2ccco2)c1)NCC(C)(C)N1CCCCC1. The first kappa shape index (κ1) is 22.9. The summed E-state index contributed by atoms with van der Waals surface area (Å²) < 4.78 is 5.26. The number of nitrogens with one attached hydrogen (secondary N) is 3. The average molecular weight is 426 g/mol. The number of furan rings is 1. The number of nitrogens with zero attached hydrogens (tertiary/aromatic N) is 2. The predicted octanol–water partition coefficient (Wildman–Crippen LogP) is 3.14. The lowest BCUT2D eigenvalue weighted by atomic mass is 9.98. The van der Waals surface area contributed by atoms with Gasteiger partial charge in [0.1, 0.15) is 5.76 Å². The topological polar surface area (TPSA) is 81.9 Å². The first-order valence-electron chi connectivity index (χ1n) is 11.1. The molecule has 1 saturated heterocycles. The predicted molar refractivity (Wildman–Crippen MR) is 124 cm³/mol. The number of hydrogen-bond donors (Lipinski definition) is 3. The molecule has 1 amide bonds. The summed E-state index contributed by atoms with van der Waals surface area (Å²) >= 11 is 0. The van der Waals surface area contributed by atoms with Crippen LogP contribution in [0.25, 0.3) is 0 Å². The highest BCUT2D eigenvalue weighted by molar-refractivity contribution is 5.94. The Labute approximate surface area is 185 Å². The maximum atomic E-state index is 12.4. The largest absolute Gasteiger partial charge is 0.467 e. The van der Waals surface area contributed by atoms with Crippen LogP contribution in [0, 0.1) is 0 Å². The van der Waals surface area contributed by atoms with Gasteiger partial charge in [0, 0.05) is 31.2 Å². The zero-order chi connectivity index (χ0) is 22.1. The molecule has 0 atom stereocenters. The first-order chi connectivity index (χ1) is 15.0. The Morgan fingerprint density at radius 3 is 2.58 bits per heavy atom. The summed E-state index contributed by atoms with van der Waals surface area (Å²) in [7, 11) is 1.78. The Morgan fingerprint density at radius 2 is 1.87 bits per heavy atom. The first-order valence-corrected chi connectivity index (χ1v) is 11.1. The molecule has 0 bridgehead atoms. The van der Waals surface area contributed by atoms with Crippen LogP contribution in [0.3, 0.4) is 0 Å². The molecule has 2 aromatic rings. The number of hydrogen-bond acceptors (Lipinski definition) is 4. The van der Waals surface area contributed by atoms with Crippen LogP contribution in [0.15, 0.2) is 52.1 Å². The molecule has 7 nitrogen and oxygen atoms in total.